The largest absolute Gasteiger partial charge is 0.380 e. The highest BCUT2D eigenvalue weighted by Crippen LogP contribution is 2.09. The van der Waals surface area contributed by atoms with Crippen molar-refractivity contribution in [1.29, 1.82) is 0 Å². The summed E-state index contributed by atoms with van der Waals surface area (Å²) >= 11 is 3.93. The van der Waals surface area contributed by atoms with Crippen molar-refractivity contribution < 1.29 is 4.74 Å². The molecule has 13 heavy (non-hydrogen) atoms. The molecule has 1 nitrogen and oxygen atoms in total. The molecule has 0 aromatic carbocycles. The summed E-state index contributed by atoms with van der Waals surface area (Å²) in [7, 11) is 0. The predicted octanol–water partition coefficient (Wildman–Crippen LogP) is 3.29. The van der Waals surface area contributed by atoms with Crippen molar-refractivity contribution in [3.63, 3.8) is 0 Å². The second-order valence-electron chi connectivity index (χ2n) is 3.45. The molecular formula is C10H22OS2. The average molecular weight is 222 g/mol. The van der Waals surface area contributed by atoms with Gasteiger partial charge in [-0.1, -0.05) is 27.7 Å². The van der Waals surface area contributed by atoms with Crippen LogP contribution < -0.4 is 0 Å². The van der Waals surface area contributed by atoms with Crippen LogP contribution in [-0.2, 0) is 4.74 Å². The first-order valence-corrected chi connectivity index (χ1v) is 7.03. The molecule has 0 aromatic rings. The van der Waals surface area contributed by atoms with Gasteiger partial charge in [0.05, 0.1) is 13.2 Å². The van der Waals surface area contributed by atoms with Gasteiger partial charge in [-0.3, -0.25) is 0 Å². The fraction of sp³-hybridized carbons (Fsp3) is 1.00. The van der Waals surface area contributed by atoms with E-state index >= 15 is 0 Å². The van der Waals surface area contributed by atoms with Crippen LogP contribution in [0.25, 0.3) is 0 Å². The number of rotatable bonds is 8. The first-order chi connectivity index (χ1) is 6.13. The summed E-state index contributed by atoms with van der Waals surface area (Å²) in [6.45, 7) is 10.7. The third kappa shape index (κ3) is 12.7. The molecule has 0 aliphatic rings. The summed E-state index contributed by atoms with van der Waals surface area (Å²) < 4.78 is 5.49. The Morgan fingerprint density at radius 2 is 1.23 bits per heavy atom. The van der Waals surface area contributed by atoms with E-state index in [2.05, 4.69) is 27.7 Å². The van der Waals surface area contributed by atoms with Crippen molar-refractivity contribution in [1.82, 2.24) is 0 Å². The minimum absolute atomic E-state index is 0.730. The van der Waals surface area contributed by atoms with Gasteiger partial charge in [0.2, 0.25) is 0 Å². The number of ether oxygens (including phenoxy) is 1. The van der Waals surface area contributed by atoms with E-state index in [-0.39, 0.29) is 0 Å². The van der Waals surface area contributed by atoms with Gasteiger partial charge in [0.15, 0.2) is 0 Å². The van der Waals surface area contributed by atoms with Gasteiger partial charge in [0.25, 0.3) is 0 Å². The van der Waals surface area contributed by atoms with Crippen molar-refractivity contribution >= 4 is 23.5 Å². The van der Waals surface area contributed by atoms with Gasteiger partial charge in [-0.2, -0.15) is 23.5 Å². The molecule has 0 N–H and O–H groups in total. The summed E-state index contributed by atoms with van der Waals surface area (Å²) in [4.78, 5) is 0. The highest BCUT2D eigenvalue weighted by Gasteiger charge is 1.95. The average Bonchev–Trinajstić information content (AvgIpc) is 2.01. The molecule has 80 valence electrons. The van der Waals surface area contributed by atoms with Crippen LogP contribution in [0.3, 0.4) is 0 Å². The molecule has 0 atom stereocenters. The number of hydrogen-bond acceptors (Lipinski definition) is 3. The van der Waals surface area contributed by atoms with E-state index in [1.54, 1.807) is 0 Å². The van der Waals surface area contributed by atoms with Crippen LogP contribution in [0.5, 0.6) is 0 Å². The van der Waals surface area contributed by atoms with Crippen LogP contribution in [0.15, 0.2) is 0 Å². The topological polar surface area (TPSA) is 9.23 Å². The molecule has 0 unspecified atom stereocenters. The molecular weight excluding hydrogens is 200 g/mol. The standard InChI is InChI=1S/C10H22OS2/c1-9(2)12-7-5-11-6-8-13-10(3)4/h9-10H,5-8H2,1-4H3. The third-order valence-corrected chi connectivity index (χ3v) is 3.50. The summed E-state index contributed by atoms with van der Waals surface area (Å²) in [5, 5.41) is 1.46. The summed E-state index contributed by atoms with van der Waals surface area (Å²) in [5.41, 5.74) is 0. The smallest absolute Gasteiger partial charge is 0.0557 e. The normalized spacial score (nSPS) is 11.5. The van der Waals surface area contributed by atoms with Gasteiger partial charge in [-0.25, -0.2) is 0 Å². The van der Waals surface area contributed by atoms with Crippen molar-refractivity contribution in [3.8, 4) is 0 Å². The van der Waals surface area contributed by atoms with Crippen LogP contribution >= 0.6 is 23.5 Å². The van der Waals surface area contributed by atoms with Crippen LogP contribution in [0.1, 0.15) is 27.7 Å². The Balaban J connectivity index is 2.92. The molecule has 0 radical (unpaired) electrons. The van der Waals surface area contributed by atoms with Gasteiger partial charge in [-0.15, -0.1) is 0 Å². The zero-order valence-electron chi connectivity index (χ0n) is 9.21. The number of hydrogen-bond donors (Lipinski definition) is 0. The maximum absolute atomic E-state index is 5.49. The summed E-state index contributed by atoms with van der Waals surface area (Å²) in [5.74, 6) is 2.26. The van der Waals surface area contributed by atoms with Crippen LogP contribution in [0.2, 0.25) is 0 Å². The Bertz CT molecular complexity index is 93.1. The molecule has 3 heteroatoms. The second-order valence-corrected chi connectivity index (χ2v) is 6.82. The lowest BCUT2D eigenvalue weighted by molar-refractivity contribution is 0.167. The van der Waals surface area contributed by atoms with E-state index in [0.717, 1.165) is 35.2 Å². The number of thioether (sulfide) groups is 2. The van der Waals surface area contributed by atoms with Gasteiger partial charge < -0.3 is 4.74 Å². The Labute approximate surface area is 91.4 Å². The minimum Gasteiger partial charge on any atom is -0.380 e. The minimum atomic E-state index is 0.730. The van der Waals surface area contributed by atoms with E-state index in [1.807, 2.05) is 23.5 Å². The van der Waals surface area contributed by atoms with E-state index < -0.39 is 0 Å². The molecule has 0 aliphatic heterocycles. The molecule has 0 aliphatic carbocycles. The third-order valence-electron chi connectivity index (χ3n) is 1.36. The fourth-order valence-electron chi connectivity index (χ4n) is 0.788. The molecule has 0 heterocycles. The highest BCUT2D eigenvalue weighted by molar-refractivity contribution is 8.00. The Hall–Kier alpha value is 0.660. The Kier molecular flexibility index (Phi) is 9.69. The fourth-order valence-corrected chi connectivity index (χ4v) is 2.16. The van der Waals surface area contributed by atoms with Crippen molar-refractivity contribution in [2.24, 2.45) is 0 Å². The molecule has 0 saturated heterocycles. The van der Waals surface area contributed by atoms with E-state index in [4.69, 9.17) is 4.74 Å². The zero-order valence-corrected chi connectivity index (χ0v) is 10.8. The Morgan fingerprint density at radius 1 is 0.846 bits per heavy atom. The molecule has 0 rings (SSSR count). The summed E-state index contributed by atoms with van der Waals surface area (Å²) in [6, 6.07) is 0. The molecule has 0 spiro atoms. The van der Waals surface area contributed by atoms with Gasteiger partial charge in [0, 0.05) is 11.5 Å². The highest BCUT2D eigenvalue weighted by atomic mass is 32.2. The monoisotopic (exact) mass is 222 g/mol. The van der Waals surface area contributed by atoms with Gasteiger partial charge >= 0.3 is 0 Å². The second kappa shape index (κ2) is 9.22. The SMILES string of the molecule is CC(C)SCCOCCSC(C)C. The lowest BCUT2D eigenvalue weighted by Gasteiger charge is -2.07. The maximum atomic E-state index is 5.49. The molecule has 0 bridgehead atoms. The van der Waals surface area contributed by atoms with Gasteiger partial charge in [-0.05, 0) is 10.5 Å². The van der Waals surface area contributed by atoms with Crippen molar-refractivity contribution in [3.05, 3.63) is 0 Å². The predicted molar refractivity (Wildman–Crippen MR) is 66.0 cm³/mol. The first-order valence-electron chi connectivity index (χ1n) is 4.94. The molecule has 0 amide bonds. The van der Waals surface area contributed by atoms with Gasteiger partial charge in [0.1, 0.15) is 0 Å². The molecule has 0 saturated carbocycles. The van der Waals surface area contributed by atoms with Crippen LogP contribution in [-0.4, -0.2) is 35.2 Å². The van der Waals surface area contributed by atoms with E-state index in [9.17, 15) is 0 Å². The van der Waals surface area contributed by atoms with Crippen LogP contribution in [0.4, 0.5) is 0 Å². The van der Waals surface area contributed by atoms with Crippen molar-refractivity contribution in [2.45, 2.75) is 38.2 Å². The van der Waals surface area contributed by atoms with Crippen LogP contribution in [0, 0.1) is 0 Å². The molecule has 0 aromatic heterocycles. The maximum Gasteiger partial charge on any atom is 0.0557 e. The summed E-state index contributed by atoms with van der Waals surface area (Å²) in [6.07, 6.45) is 0. The lowest BCUT2D eigenvalue weighted by Crippen LogP contribution is -2.04. The molecule has 0 fully saturated rings. The Morgan fingerprint density at radius 3 is 1.54 bits per heavy atom. The lowest BCUT2D eigenvalue weighted by atomic mass is 10.6. The van der Waals surface area contributed by atoms with E-state index in [0.29, 0.717) is 0 Å². The quantitative estimate of drug-likeness (QED) is 0.583. The zero-order chi connectivity index (χ0) is 10.1. The van der Waals surface area contributed by atoms with E-state index in [1.165, 1.54) is 0 Å². The first kappa shape index (κ1) is 13.7. The van der Waals surface area contributed by atoms with Crippen molar-refractivity contribution in [2.75, 3.05) is 24.7 Å².